The fourth-order valence-electron chi connectivity index (χ4n) is 1.84. The fraction of sp³-hybridized carbons (Fsp3) is 0.0667. The van der Waals surface area contributed by atoms with E-state index >= 15 is 0 Å². The van der Waals surface area contributed by atoms with E-state index in [1.54, 1.807) is 24.3 Å². The van der Waals surface area contributed by atoms with Crippen LogP contribution in [0.5, 0.6) is 0 Å². The number of hydrogen-bond donors (Lipinski definition) is 0. The van der Waals surface area contributed by atoms with Gasteiger partial charge in [-0.1, -0.05) is 24.3 Å². The maximum atomic E-state index is 13.2. The van der Waals surface area contributed by atoms with Crippen molar-refractivity contribution in [2.24, 2.45) is 4.99 Å². The topological polar surface area (TPSA) is 29.4 Å². The molecule has 0 aliphatic rings. The van der Waals surface area contributed by atoms with E-state index in [1.807, 2.05) is 0 Å². The zero-order valence-corrected chi connectivity index (χ0v) is 9.96. The number of aliphatic imine (C=N–C) groups is 1. The molecule has 0 amide bonds. The van der Waals surface area contributed by atoms with Gasteiger partial charge in [0.1, 0.15) is 17.7 Å². The van der Waals surface area contributed by atoms with Gasteiger partial charge in [0.15, 0.2) is 6.29 Å². The monoisotopic (exact) mass is 259 g/mol. The van der Waals surface area contributed by atoms with Crippen LogP contribution in [-0.4, -0.2) is 12.5 Å². The molecule has 0 fully saturated rings. The second kappa shape index (κ2) is 6.00. The van der Waals surface area contributed by atoms with E-state index in [0.29, 0.717) is 17.4 Å². The van der Waals surface area contributed by atoms with Gasteiger partial charge in [-0.15, -0.1) is 0 Å². The Morgan fingerprint density at radius 1 is 0.947 bits per heavy atom. The molecule has 0 unspecified atom stereocenters. The molecule has 0 spiro atoms. The van der Waals surface area contributed by atoms with Gasteiger partial charge in [0.2, 0.25) is 0 Å². The highest BCUT2D eigenvalue weighted by atomic mass is 19.1. The summed E-state index contributed by atoms with van der Waals surface area (Å²) in [6.45, 7) is 0. The number of hydrogen-bond acceptors (Lipinski definition) is 2. The van der Waals surface area contributed by atoms with Crippen LogP contribution < -0.4 is 0 Å². The summed E-state index contributed by atoms with van der Waals surface area (Å²) in [5.41, 5.74) is 1.12. The van der Waals surface area contributed by atoms with Crippen LogP contribution in [-0.2, 0) is 4.79 Å². The zero-order valence-electron chi connectivity index (χ0n) is 9.96. The molecule has 0 aliphatic carbocycles. The van der Waals surface area contributed by atoms with E-state index in [4.69, 9.17) is 0 Å². The Hall–Kier alpha value is -2.36. The molecule has 2 nitrogen and oxygen atoms in total. The van der Waals surface area contributed by atoms with Gasteiger partial charge in [-0.3, -0.25) is 9.79 Å². The third-order valence-electron chi connectivity index (χ3n) is 2.62. The largest absolute Gasteiger partial charge is 0.297 e. The number of carbonyl (C=O) groups excluding carboxylic acids is 1. The van der Waals surface area contributed by atoms with E-state index in [1.165, 1.54) is 24.3 Å². The minimum atomic E-state index is -0.600. The zero-order chi connectivity index (χ0) is 13.7. The molecule has 0 saturated carbocycles. The summed E-state index contributed by atoms with van der Waals surface area (Å²) >= 11 is 0. The lowest BCUT2D eigenvalue weighted by Gasteiger charge is -2.13. The number of nitrogens with zero attached hydrogens (tertiary/aromatic N) is 1. The maximum absolute atomic E-state index is 13.2. The summed E-state index contributed by atoms with van der Waals surface area (Å²) < 4.78 is 26.5. The van der Waals surface area contributed by atoms with Gasteiger partial charge < -0.3 is 0 Å². The molecule has 0 bridgehead atoms. The molecule has 0 aromatic heterocycles. The molecular formula is C15H11F2NO. The van der Waals surface area contributed by atoms with E-state index in [0.717, 1.165) is 6.21 Å². The van der Waals surface area contributed by atoms with Crippen molar-refractivity contribution in [3.8, 4) is 0 Å². The molecule has 2 aromatic carbocycles. The van der Waals surface area contributed by atoms with Crippen LogP contribution >= 0.6 is 0 Å². The highest BCUT2D eigenvalue weighted by molar-refractivity contribution is 6.12. The first-order valence-electron chi connectivity index (χ1n) is 5.68. The molecule has 2 rings (SSSR count). The van der Waals surface area contributed by atoms with Crippen LogP contribution in [0.2, 0.25) is 0 Å². The smallest absolute Gasteiger partial charge is 0.160 e. The standard InChI is InChI=1S/C15H11F2NO/c16-13-5-1-3-11(9-13)15(18-7-8-19)12-4-2-6-14(17)10-12/h1-10,15H. The number of rotatable bonds is 4. The van der Waals surface area contributed by atoms with E-state index in [2.05, 4.69) is 4.99 Å². The molecule has 19 heavy (non-hydrogen) atoms. The molecule has 4 heteroatoms. The highest BCUT2D eigenvalue weighted by Gasteiger charge is 2.13. The molecule has 0 heterocycles. The maximum Gasteiger partial charge on any atom is 0.160 e. The minimum Gasteiger partial charge on any atom is -0.297 e. The molecule has 0 N–H and O–H groups in total. The lowest BCUT2D eigenvalue weighted by molar-refractivity contribution is -0.102. The predicted molar refractivity (Wildman–Crippen MR) is 69.2 cm³/mol. The molecule has 2 aromatic rings. The number of halogens is 2. The van der Waals surface area contributed by atoms with Gasteiger partial charge in [-0.05, 0) is 35.4 Å². The Balaban J connectivity index is 2.47. The number of benzene rings is 2. The average molecular weight is 259 g/mol. The van der Waals surface area contributed by atoms with Crippen molar-refractivity contribution >= 4 is 12.5 Å². The number of aldehydes is 1. The van der Waals surface area contributed by atoms with Crippen LogP contribution in [0.15, 0.2) is 53.5 Å². The molecule has 0 radical (unpaired) electrons. The first kappa shape index (κ1) is 13.1. The minimum absolute atomic E-state index is 0.403. The van der Waals surface area contributed by atoms with E-state index in [-0.39, 0.29) is 0 Å². The van der Waals surface area contributed by atoms with Crippen molar-refractivity contribution in [1.82, 2.24) is 0 Å². The van der Waals surface area contributed by atoms with Gasteiger partial charge in [-0.2, -0.15) is 0 Å². The normalized spacial score (nSPS) is 11.1. The summed E-state index contributed by atoms with van der Waals surface area (Å²) in [6, 6.07) is 11.1. The summed E-state index contributed by atoms with van der Waals surface area (Å²) in [4.78, 5) is 14.4. The molecule has 96 valence electrons. The van der Waals surface area contributed by atoms with Crippen molar-refractivity contribution in [3.63, 3.8) is 0 Å². The summed E-state index contributed by atoms with van der Waals surface area (Å²) in [7, 11) is 0. The van der Waals surface area contributed by atoms with Crippen LogP contribution in [0.25, 0.3) is 0 Å². The van der Waals surface area contributed by atoms with E-state index < -0.39 is 17.7 Å². The third-order valence-corrected chi connectivity index (χ3v) is 2.62. The van der Waals surface area contributed by atoms with Crippen LogP contribution in [0.1, 0.15) is 17.2 Å². The van der Waals surface area contributed by atoms with Gasteiger partial charge >= 0.3 is 0 Å². The fourth-order valence-corrected chi connectivity index (χ4v) is 1.84. The molecule has 0 saturated heterocycles. The Bertz CT molecular complexity index is 565. The van der Waals surface area contributed by atoms with Crippen LogP contribution in [0.3, 0.4) is 0 Å². The predicted octanol–water partition coefficient (Wildman–Crippen LogP) is 3.32. The van der Waals surface area contributed by atoms with E-state index in [9.17, 15) is 13.6 Å². The van der Waals surface area contributed by atoms with Crippen molar-refractivity contribution in [3.05, 3.63) is 71.3 Å². The van der Waals surface area contributed by atoms with Gasteiger partial charge in [0, 0.05) is 0 Å². The Kier molecular flexibility index (Phi) is 4.13. The van der Waals surface area contributed by atoms with Crippen molar-refractivity contribution in [1.29, 1.82) is 0 Å². The van der Waals surface area contributed by atoms with Crippen molar-refractivity contribution < 1.29 is 13.6 Å². The third kappa shape index (κ3) is 3.31. The Labute approximate surface area is 109 Å². The Morgan fingerprint density at radius 3 is 1.89 bits per heavy atom. The first-order valence-corrected chi connectivity index (χ1v) is 5.68. The summed E-state index contributed by atoms with van der Waals surface area (Å²) in [6.07, 6.45) is 1.62. The average Bonchev–Trinajstić information content (AvgIpc) is 2.39. The highest BCUT2D eigenvalue weighted by Crippen LogP contribution is 2.26. The number of carbonyl (C=O) groups is 1. The van der Waals surface area contributed by atoms with Gasteiger partial charge in [-0.25, -0.2) is 8.78 Å². The quantitative estimate of drug-likeness (QED) is 0.611. The molecule has 0 aliphatic heterocycles. The van der Waals surface area contributed by atoms with Crippen molar-refractivity contribution in [2.45, 2.75) is 6.04 Å². The van der Waals surface area contributed by atoms with Gasteiger partial charge in [0.25, 0.3) is 0 Å². The van der Waals surface area contributed by atoms with Crippen LogP contribution in [0, 0.1) is 11.6 Å². The lowest BCUT2D eigenvalue weighted by atomic mass is 9.99. The molecule has 0 atom stereocenters. The van der Waals surface area contributed by atoms with Gasteiger partial charge in [0.05, 0.1) is 6.21 Å². The molecular weight excluding hydrogens is 248 g/mol. The SMILES string of the molecule is O=CC=NC(c1cccc(F)c1)c1cccc(F)c1. The summed E-state index contributed by atoms with van der Waals surface area (Å²) in [5, 5.41) is 0. The lowest BCUT2D eigenvalue weighted by Crippen LogP contribution is -2.00. The summed E-state index contributed by atoms with van der Waals surface area (Å²) in [5.74, 6) is -0.805. The second-order valence-corrected chi connectivity index (χ2v) is 3.95. The Morgan fingerprint density at radius 2 is 1.47 bits per heavy atom. The first-order chi connectivity index (χ1) is 9.20. The van der Waals surface area contributed by atoms with Crippen molar-refractivity contribution in [2.75, 3.05) is 0 Å². The second-order valence-electron chi connectivity index (χ2n) is 3.95. The van der Waals surface area contributed by atoms with Crippen LogP contribution in [0.4, 0.5) is 8.78 Å².